The molecule has 1 N–H and O–H groups in total. The fourth-order valence-electron chi connectivity index (χ4n) is 1.80. The number of aliphatic imine (C=N–C) groups is 1. The normalized spacial score (nSPS) is 16.3. The number of amides is 1. The minimum absolute atomic E-state index is 0.0245. The van der Waals surface area contributed by atoms with Gasteiger partial charge in [0.05, 0.1) is 7.11 Å². The molecule has 23 heavy (non-hydrogen) atoms. The van der Waals surface area contributed by atoms with Gasteiger partial charge in [0.15, 0.2) is 17.4 Å². The zero-order valence-electron chi connectivity index (χ0n) is 12.2. The van der Waals surface area contributed by atoms with Gasteiger partial charge >= 0.3 is 5.97 Å². The number of methoxy groups -OCH3 is 1. The zero-order chi connectivity index (χ0) is 17.1. The summed E-state index contributed by atoms with van der Waals surface area (Å²) in [5.41, 5.74) is -0.0435. The third kappa shape index (κ3) is 3.42. The molecule has 0 unspecified atom stereocenters. The number of carbonyl (C=O) groups excluding carboxylic acids is 2. The number of likely N-dealkylation sites (N-methyl/N-ethyl adjacent to an activating group) is 1. The van der Waals surface area contributed by atoms with Crippen LogP contribution in [0.2, 0.25) is 0 Å². The van der Waals surface area contributed by atoms with E-state index in [9.17, 15) is 18.4 Å². The molecule has 0 saturated carbocycles. The van der Waals surface area contributed by atoms with Crippen molar-refractivity contribution in [3.8, 4) is 5.75 Å². The van der Waals surface area contributed by atoms with Crippen molar-refractivity contribution in [3.05, 3.63) is 47.2 Å². The SMILES string of the molecule is COC(=O)C=CC1=NC(=Cc2cc(F)c(O)c(F)c2)C(=O)N1C. The van der Waals surface area contributed by atoms with Crippen LogP contribution in [-0.2, 0) is 14.3 Å². The summed E-state index contributed by atoms with van der Waals surface area (Å²) in [4.78, 5) is 28.2. The topological polar surface area (TPSA) is 79.2 Å². The lowest BCUT2D eigenvalue weighted by atomic mass is 10.1. The van der Waals surface area contributed by atoms with Crippen LogP contribution in [0.5, 0.6) is 5.75 Å². The first-order valence-corrected chi connectivity index (χ1v) is 6.36. The maximum absolute atomic E-state index is 13.3. The molecule has 6 nitrogen and oxygen atoms in total. The van der Waals surface area contributed by atoms with E-state index in [2.05, 4.69) is 9.73 Å². The molecule has 120 valence electrons. The van der Waals surface area contributed by atoms with Gasteiger partial charge in [-0.05, 0) is 29.8 Å². The molecule has 2 rings (SSSR count). The van der Waals surface area contributed by atoms with Gasteiger partial charge in [-0.2, -0.15) is 0 Å². The van der Waals surface area contributed by atoms with Crippen LogP contribution >= 0.6 is 0 Å². The number of halogens is 2. The van der Waals surface area contributed by atoms with Gasteiger partial charge in [-0.15, -0.1) is 0 Å². The molecule has 1 aliphatic rings. The first-order valence-electron chi connectivity index (χ1n) is 6.36. The van der Waals surface area contributed by atoms with Gasteiger partial charge in [0.1, 0.15) is 11.5 Å². The van der Waals surface area contributed by atoms with E-state index >= 15 is 0 Å². The third-order valence-corrected chi connectivity index (χ3v) is 3.01. The van der Waals surface area contributed by atoms with Crippen molar-refractivity contribution in [1.29, 1.82) is 0 Å². The lowest BCUT2D eigenvalue weighted by molar-refractivity contribution is -0.134. The van der Waals surface area contributed by atoms with E-state index in [1.807, 2.05) is 0 Å². The van der Waals surface area contributed by atoms with Crippen molar-refractivity contribution in [2.45, 2.75) is 0 Å². The van der Waals surface area contributed by atoms with Crippen molar-refractivity contribution in [2.24, 2.45) is 4.99 Å². The Hall–Kier alpha value is -3.03. The van der Waals surface area contributed by atoms with Gasteiger partial charge in [-0.3, -0.25) is 9.69 Å². The summed E-state index contributed by atoms with van der Waals surface area (Å²) in [7, 11) is 2.64. The molecule has 0 atom stereocenters. The van der Waals surface area contributed by atoms with Gasteiger partial charge in [0, 0.05) is 13.1 Å². The maximum Gasteiger partial charge on any atom is 0.330 e. The molecular formula is C15H12F2N2O4. The monoisotopic (exact) mass is 322 g/mol. The summed E-state index contributed by atoms with van der Waals surface area (Å²) in [6.07, 6.45) is 3.54. The second-order valence-electron chi connectivity index (χ2n) is 4.55. The minimum Gasteiger partial charge on any atom is -0.503 e. The summed E-state index contributed by atoms with van der Waals surface area (Å²) in [5, 5.41) is 9.05. The number of hydrogen-bond acceptors (Lipinski definition) is 5. The smallest absolute Gasteiger partial charge is 0.330 e. The van der Waals surface area contributed by atoms with E-state index in [4.69, 9.17) is 5.11 Å². The van der Waals surface area contributed by atoms with Crippen LogP contribution in [0.4, 0.5) is 8.78 Å². The van der Waals surface area contributed by atoms with Crippen molar-refractivity contribution < 1.29 is 28.2 Å². The molecule has 0 radical (unpaired) electrons. The predicted molar refractivity (Wildman–Crippen MR) is 77.4 cm³/mol. The van der Waals surface area contributed by atoms with Gasteiger partial charge in [-0.1, -0.05) is 0 Å². The zero-order valence-corrected chi connectivity index (χ0v) is 12.2. The van der Waals surface area contributed by atoms with Crippen molar-refractivity contribution >= 4 is 23.8 Å². The predicted octanol–water partition coefficient (Wildman–Crippen LogP) is 1.61. The Bertz CT molecular complexity index is 746. The molecule has 1 heterocycles. The summed E-state index contributed by atoms with van der Waals surface area (Å²) >= 11 is 0. The molecule has 0 aliphatic carbocycles. The second kappa shape index (κ2) is 6.39. The van der Waals surface area contributed by atoms with Crippen LogP contribution in [0.15, 0.2) is 35.0 Å². The number of aromatic hydroxyl groups is 1. The van der Waals surface area contributed by atoms with E-state index in [-0.39, 0.29) is 17.1 Å². The third-order valence-electron chi connectivity index (χ3n) is 3.01. The molecule has 8 heteroatoms. The van der Waals surface area contributed by atoms with Crippen molar-refractivity contribution in [3.63, 3.8) is 0 Å². The molecular weight excluding hydrogens is 310 g/mol. The van der Waals surface area contributed by atoms with Crippen LogP contribution in [0, 0.1) is 11.6 Å². The molecule has 0 fully saturated rings. The Labute approximate surface area is 130 Å². The van der Waals surface area contributed by atoms with E-state index in [0.29, 0.717) is 0 Å². The second-order valence-corrected chi connectivity index (χ2v) is 4.55. The summed E-state index contributed by atoms with van der Waals surface area (Å²) in [5.74, 6) is -4.34. The Kier molecular flexibility index (Phi) is 4.54. The number of hydrogen-bond donors (Lipinski definition) is 1. The molecule has 1 aromatic rings. The van der Waals surface area contributed by atoms with E-state index in [1.165, 1.54) is 31.2 Å². The van der Waals surface area contributed by atoms with Gasteiger partial charge in [-0.25, -0.2) is 18.6 Å². The number of benzene rings is 1. The lowest BCUT2D eigenvalue weighted by Crippen LogP contribution is -2.26. The van der Waals surface area contributed by atoms with Crippen LogP contribution < -0.4 is 0 Å². The number of esters is 1. The summed E-state index contributed by atoms with van der Waals surface area (Å²) < 4.78 is 31.0. The van der Waals surface area contributed by atoms with Gasteiger partial charge < -0.3 is 9.84 Å². The van der Waals surface area contributed by atoms with Crippen molar-refractivity contribution in [1.82, 2.24) is 4.90 Å². The van der Waals surface area contributed by atoms with E-state index in [0.717, 1.165) is 18.2 Å². The largest absolute Gasteiger partial charge is 0.503 e. The average Bonchev–Trinajstić information content (AvgIpc) is 2.78. The number of ether oxygens (including phenoxy) is 1. The Morgan fingerprint density at radius 1 is 1.35 bits per heavy atom. The molecule has 0 bridgehead atoms. The highest BCUT2D eigenvalue weighted by Gasteiger charge is 2.25. The van der Waals surface area contributed by atoms with Gasteiger partial charge in [0.2, 0.25) is 0 Å². The highest BCUT2D eigenvalue weighted by molar-refractivity contribution is 6.18. The van der Waals surface area contributed by atoms with Crippen LogP contribution in [0.3, 0.4) is 0 Å². The van der Waals surface area contributed by atoms with E-state index in [1.54, 1.807) is 0 Å². The molecule has 1 aromatic carbocycles. The fourth-order valence-corrected chi connectivity index (χ4v) is 1.80. The van der Waals surface area contributed by atoms with Gasteiger partial charge in [0.25, 0.3) is 5.91 Å². The maximum atomic E-state index is 13.3. The van der Waals surface area contributed by atoms with Crippen LogP contribution in [0.25, 0.3) is 6.08 Å². The quantitative estimate of drug-likeness (QED) is 0.677. The molecule has 0 spiro atoms. The summed E-state index contributed by atoms with van der Waals surface area (Å²) in [6.45, 7) is 0. The standard InChI is InChI=1S/C15H12F2N2O4/c1-19-12(3-4-13(20)23-2)18-11(15(19)22)7-8-5-9(16)14(21)10(17)6-8/h3-7,21H,1-2H3. The fraction of sp³-hybridized carbons (Fsp3) is 0.133. The number of phenolic OH excluding ortho intramolecular Hbond substituents is 1. The first-order chi connectivity index (χ1) is 10.8. The number of carbonyl (C=O) groups is 2. The highest BCUT2D eigenvalue weighted by atomic mass is 19.1. The Morgan fingerprint density at radius 2 is 1.96 bits per heavy atom. The summed E-state index contributed by atoms with van der Waals surface area (Å²) in [6, 6.07) is 1.74. The molecule has 0 aromatic heterocycles. The highest BCUT2D eigenvalue weighted by Crippen LogP contribution is 2.24. The lowest BCUT2D eigenvalue weighted by Gasteiger charge is -2.07. The van der Waals surface area contributed by atoms with E-state index < -0.39 is 29.3 Å². The van der Waals surface area contributed by atoms with Crippen LogP contribution in [0.1, 0.15) is 5.56 Å². The Balaban J connectivity index is 2.35. The molecule has 1 aliphatic heterocycles. The number of rotatable bonds is 3. The average molecular weight is 322 g/mol. The molecule has 1 amide bonds. The number of phenols is 1. The van der Waals surface area contributed by atoms with Crippen LogP contribution in [-0.4, -0.2) is 41.9 Å². The first kappa shape index (κ1) is 16.3. The number of nitrogens with zero attached hydrogens (tertiary/aromatic N) is 2. The molecule has 0 saturated heterocycles. The Morgan fingerprint density at radius 3 is 2.52 bits per heavy atom. The number of amidine groups is 1. The van der Waals surface area contributed by atoms with Crippen molar-refractivity contribution in [2.75, 3.05) is 14.2 Å². The minimum atomic E-state index is -1.15.